The minimum absolute atomic E-state index is 0.284. The Morgan fingerprint density at radius 2 is 2.04 bits per heavy atom. The zero-order valence-electron chi connectivity index (χ0n) is 15.5. The maximum absolute atomic E-state index is 12.7. The van der Waals surface area contributed by atoms with Gasteiger partial charge in [0.1, 0.15) is 5.75 Å². The smallest absolute Gasteiger partial charge is 0.255 e. The van der Waals surface area contributed by atoms with E-state index in [-0.39, 0.29) is 11.5 Å². The molecule has 7 heteroatoms. The number of benzene rings is 1. The maximum atomic E-state index is 12.7. The van der Waals surface area contributed by atoms with Crippen LogP contribution in [0, 0.1) is 6.92 Å². The number of nitrogens with two attached hydrogens (primary N) is 1. The average Bonchev–Trinajstić information content (AvgIpc) is 3.10. The van der Waals surface area contributed by atoms with Gasteiger partial charge in [-0.15, -0.1) is 0 Å². The Hall–Kier alpha value is -3.61. The number of hydrogen-bond donors (Lipinski definition) is 2. The Bertz CT molecular complexity index is 1020. The molecule has 1 aromatic carbocycles. The quantitative estimate of drug-likeness (QED) is 0.680. The van der Waals surface area contributed by atoms with Crippen molar-refractivity contribution in [3.05, 3.63) is 60.7 Å². The first kappa shape index (κ1) is 18.2. The number of anilines is 2. The number of rotatable bonds is 5. The molecule has 27 heavy (non-hydrogen) atoms. The predicted octanol–water partition coefficient (Wildman–Crippen LogP) is 3.03. The first-order valence-electron chi connectivity index (χ1n) is 8.29. The Morgan fingerprint density at radius 1 is 1.26 bits per heavy atom. The van der Waals surface area contributed by atoms with Crippen LogP contribution < -0.4 is 15.8 Å². The number of pyridine rings is 1. The first-order valence-corrected chi connectivity index (χ1v) is 8.29. The van der Waals surface area contributed by atoms with Gasteiger partial charge in [-0.25, -0.2) is 0 Å². The monoisotopic (exact) mass is 363 g/mol. The van der Waals surface area contributed by atoms with E-state index in [1.807, 2.05) is 31.4 Å². The molecular formula is C20H21N5O2. The molecule has 3 aromatic rings. The number of ether oxygens (including phenoxy) is 1. The highest BCUT2D eigenvalue weighted by atomic mass is 16.5. The van der Waals surface area contributed by atoms with E-state index in [0.29, 0.717) is 28.4 Å². The van der Waals surface area contributed by atoms with Crippen LogP contribution in [0.15, 0.2) is 49.4 Å². The number of nitrogens with zero attached hydrogens (tertiary/aromatic N) is 3. The summed E-state index contributed by atoms with van der Waals surface area (Å²) in [4.78, 5) is 16.8. The standard InChI is InChI=1S/C20H21N5O2/c1-12(20(26)24-18-8-16(21)10-22-13(18)2)17-6-5-14(7-19(17)27-4)15-9-23-25(3)11-15/h5-11H,1,21H2,2-4H3,(H,24,26). The molecule has 0 saturated heterocycles. The lowest BCUT2D eigenvalue weighted by Gasteiger charge is -2.14. The third-order valence-electron chi connectivity index (χ3n) is 4.20. The number of nitrogen functional groups attached to an aromatic ring is 1. The van der Waals surface area contributed by atoms with Crippen molar-refractivity contribution in [2.24, 2.45) is 7.05 Å². The number of amides is 1. The second-order valence-corrected chi connectivity index (χ2v) is 6.15. The fourth-order valence-corrected chi connectivity index (χ4v) is 2.69. The zero-order valence-corrected chi connectivity index (χ0v) is 15.5. The number of aryl methyl sites for hydroxylation is 2. The van der Waals surface area contributed by atoms with E-state index < -0.39 is 0 Å². The molecule has 7 nitrogen and oxygen atoms in total. The Morgan fingerprint density at radius 3 is 2.70 bits per heavy atom. The maximum Gasteiger partial charge on any atom is 0.255 e. The van der Waals surface area contributed by atoms with Gasteiger partial charge in [0.15, 0.2) is 0 Å². The summed E-state index contributed by atoms with van der Waals surface area (Å²) in [6.07, 6.45) is 5.22. The fraction of sp³-hybridized carbons (Fsp3) is 0.150. The van der Waals surface area contributed by atoms with E-state index in [2.05, 4.69) is 22.0 Å². The van der Waals surface area contributed by atoms with Gasteiger partial charge in [-0.2, -0.15) is 5.10 Å². The molecule has 0 atom stereocenters. The molecule has 0 fully saturated rings. The molecule has 1 amide bonds. The highest BCUT2D eigenvalue weighted by molar-refractivity contribution is 6.25. The number of aromatic nitrogens is 3. The number of hydrogen-bond acceptors (Lipinski definition) is 5. The summed E-state index contributed by atoms with van der Waals surface area (Å²) < 4.78 is 7.20. The molecule has 2 heterocycles. The van der Waals surface area contributed by atoms with E-state index in [1.165, 1.54) is 0 Å². The summed E-state index contributed by atoms with van der Waals surface area (Å²) in [5.74, 6) is 0.205. The summed E-state index contributed by atoms with van der Waals surface area (Å²) in [7, 11) is 3.41. The molecular weight excluding hydrogens is 342 g/mol. The van der Waals surface area contributed by atoms with Crippen LogP contribution in [-0.2, 0) is 11.8 Å². The zero-order chi connectivity index (χ0) is 19.6. The molecule has 0 aliphatic carbocycles. The first-order chi connectivity index (χ1) is 12.9. The van der Waals surface area contributed by atoms with Crippen molar-refractivity contribution in [1.29, 1.82) is 0 Å². The van der Waals surface area contributed by atoms with Gasteiger partial charge in [-0.1, -0.05) is 12.6 Å². The lowest BCUT2D eigenvalue weighted by atomic mass is 10.0. The molecule has 138 valence electrons. The molecule has 3 rings (SSSR count). The third kappa shape index (κ3) is 3.82. The highest BCUT2D eigenvalue weighted by Gasteiger charge is 2.16. The fourth-order valence-electron chi connectivity index (χ4n) is 2.69. The topological polar surface area (TPSA) is 95.1 Å². The van der Waals surface area contributed by atoms with Crippen molar-refractivity contribution in [2.75, 3.05) is 18.2 Å². The number of carbonyl (C=O) groups is 1. The van der Waals surface area contributed by atoms with Crippen LogP contribution in [0.3, 0.4) is 0 Å². The SMILES string of the molecule is C=C(C(=O)Nc1cc(N)cnc1C)c1ccc(-c2cnn(C)c2)cc1OC. The summed E-state index contributed by atoms with van der Waals surface area (Å²) >= 11 is 0. The van der Waals surface area contributed by atoms with Crippen molar-refractivity contribution in [2.45, 2.75) is 6.92 Å². The predicted molar refractivity (Wildman–Crippen MR) is 106 cm³/mol. The lowest BCUT2D eigenvalue weighted by molar-refractivity contribution is -0.111. The molecule has 0 spiro atoms. The van der Waals surface area contributed by atoms with Gasteiger partial charge in [0, 0.05) is 29.9 Å². The van der Waals surface area contributed by atoms with E-state index in [4.69, 9.17) is 10.5 Å². The van der Waals surface area contributed by atoms with Gasteiger partial charge in [-0.05, 0) is 30.7 Å². The van der Waals surface area contributed by atoms with Crippen molar-refractivity contribution >= 4 is 22.9 Å². The van der Waals surface area contributed by atoms with Gasteiger partial charge >= 0.3 is 0 Å². The van der Waals surface area contributed by atoms with Crippen LogP contribution in [0.25, 0.3) is 16.7 Å². The van der Waals surface area contributed by atoms with Crippen LogP contribution in [0.1, 0.15) is 11.3 Å². The van der Waals surface area contributed by atoms with Gasteiger partial charge in [-0.3, -0.25) is 14.5 Å². The molecule has 0 aliphatic heterocycles. The number of carbonyl (C=O) groups excluding carboxylic acids is 1. The van der Waals surface area contributed by atoms with E-state index in [9.17, 15) is 4.79 Å². The van der Waals surface area contributed by atoms with E-state index in [1.54, 1.807) is 37.2 Å². The molecule has 0 unspecified atom stereocenters. The van der Waals surface area contributed by atoms with Gasteiger partial charge in [0.25, 0.3) is 5.91 Å². The van der Waals surface area contributed by atoms with Crippen molar-refractivity contribution in [1.82, 2.24) is 14.8 Å². The largest absolute Gasteiger partial charge is 0.496 e. The summed E-state index contributed by atoms with van der Waals surface area (Å²) in [5.41, 5.74) is 10.2. The minimum atomic E-state index is -0.349. The van der Waals surface area contributed by atoms with Gasteiger partial charge < -0.3 is 15.8 Å². The third-order valence-corrected chi connectivity index (χ3v) is 4.20. The molecule has 2 aromatic heterocycles. The van der Waals surface area contributed by atoms with Crippen LogP contribution in [-0.4, -0.2) is 27.8 Å². The van der Waals surface area contributed by atoms with Crippen molar-refractivity contribution in [3.63, 3.8) is 0 Å². The summed E-state index contributed by atoms with van der Waals surface area (Å²) in [6.45, 7) is 5.72. The molecule has 0 saturated carbocycles. The van der Waals surface area contributed by atoms with Gasteiger partial charge in [0.2, 0.25) is 0 Å². The van der Waals surface area contributed by atoms with Crippen LogP contribution in [0.2, 0.25) is 0 Å². The van der Waals surface area contributed by atoms with Crippen molar-refractivity contribution in [3.8, 4) is 16.9 Å². The van der Waals surface area contributed by atoms with Crippen LogP contribution >= 0.6 is 0 Å². The Labute approximate surface area is 157 Å². The second kappa shape index (κ2) is 7.33. The normalized spacial score (nSPS) is 10.5. The molecule has 0 aliphatic rings. The lowest BCUT2D eigenvalue weighted by Crippen LogP contribution is -2.15. The molecule has 0 bridgehead atoms. The second-order valence-electron chi connectivity index (χ2n) is 6.15. The Kier molecular flexibility index (Phi) is 4.94. The van der Waals surface area contributed by atoms with Gasteiger partial charge in [0.05, 0.1) is 36.6 Å². The number of nitrogens with one attached hydrogen (secondary N) is 1. The van der Waals surface area contributed by atoms with Crippen LogP contribution in [0.4, 0.5) is 11.4 Å². The summed E-state index contributed by atoms with van der Waals surface area (Å²) in [5, 5.41) is 6.97. The molecule has 0 radical (unpaired) electrons. The average molecular weight is 363 g/mol. The van der Waals surface area contributed by atoms with Crippen LogP contribution in [0.5, 0.6) is 5.75 Å². The van der Waals surface area contributed by atoms with E-state index in [0.717, 1.165) is 11.1 Å². The van der Waals surface area contributed by atoms with E-state index >= 15 is 0 Å². The minimum Gasteiger partial charge on any atom is -0.496 e. The molecule has 3 N–H and O–H groups in total. The summed E-state index contributed by atoms with van der Waals surface area (Å²) in [6, 6.07) is 7.24. The Balaban J connectivity index is 1.87. The van der Waals surface area contributed by atoms with Crippen molar-refractivity contribution < 1.29 is 9.53 Å². The number of methoxy groups -OCH3 is 1. The highest BCUT2D eigenvalue weighted by Crippen LogP contribution is 2.31.